The van der Waals surface area contributed by atoms with Crippen molar-refractivity contribution in [2.24, 2.45) is 0 Å². The molecule has 6 heteroatoms. The monoisotopic (exact) mass is 267 g/mol. The Hall–Kier alpha value is -1.56. The molecule has 0 aromatic carbocycles. The lowest BCUT2D eigenvalue weighted by atomic mass is 9.96. The molecule has 6 nitrogen and oxygen atoms in total. The molecule has 1 saturated heterocycles. The van der Waals surface area contributed by atoms with E-state index in [0.29, 0.717) is 6.54 Å². The van der Waals surface area contributed by atoms with Gasteiger partial charge in [0, 0.05) is 25.5 Å². The van der Waals surface area contributed by atoms with Crippen LogP contribution in [0, 0.1) is 0 Å². The van der Waals surface area contributed by atoms with Crippen molar-refractivity contribution in [2.75, 3.05) is 6.54 Å². The molecule has 0 aliphatic carbocycles. The number of aromatic nitrogens is 2. The fourth-order valence-corrected chi connectivity index (χ4v) is 2.17. The second kappa shape index (κ2) is 4.85. The number of imidazole rings is 1. The molecule has 0 saturated carbocycles. The van der Waals surface area contributed by atoms with Gasteiger partial charge in [0.25, 0.3) is 0 Å². The van der Waals surface area contributed by atoms with E-state index in [1.165, 1.54) is 4.90 Å². The Bertz CT molecular complexity index is 440. The Labute approximate surface area is 113 Å². The SMILES string of the molecule is CC1(C)OC(=O)N(CCCCn2ccnc2)[C@@]1(C)O. The third-order valence-electron chi connectivity index (χ3n) is 3.84. The largest absolute Gasteiger partial charge is 0.438 e. The summed E-state index contributed by atoms with van der Waals surface area (Å²) in [6, 6.07) is 0. The molecule has 1 aromatic heterocycles. The molecular formula is C13H21N3O3. The number of cyclic esters (lactones) is 1. The lowest BCUT2D eigenvalue weighted by Gasteiger charge is -2.34. The molecule has 1 amide bonds. The van der Waals surface area contributed by atoms with Gasteiger partial charge in [-0.3, -0.25) is 4.90 Å². The molecule has 1 aliphatic rings. The maximum Gasteiger partial charge on any atom is 0.412 e. The van der Waals surface area contributed by atoms with Crippen LogP contribution >= 0.6 is 0 Å². The van der Waals surface area contributed by atoms with Crippen molar-refractivity contribution in [3.63, 3.8) is 0 Å². The van der Waals surface area contributed by atoms with Crippen LogP contribution in [0.3, 0.4) is 0 Å². The van der Waals surface area contributed by atoms with Crippen LogP contribution in [0.2, 0.25) is 0 Å². The number of ether oxygens (including phenoxy) is 1. The topological polar surface area (TPSA) is 67.6 Å². The van der Waals surface area contributed by atoms with Crippen molar-refractivity contribution in [3.8, 4) is 0 Å². The molecule has 2 rings (SSSR count). The van der Waals surface area contributed by atoms with Gasteiger partial charge in [0.15, 0.2) is 11.3 Å². The van der Waals surface area contributed by atoms with Crippen LogP contribution in [0.25, 0.3) is 0 Å². The van der Waals surface area contributed by atoms with Gasteiger partial charge in [-0.2, -0.15) is 0 Å². The van der Waals surface area contributed by atoms with Crippen LogP contribution in [0.4, 0.5) is 4.79 Å². The first-order valence-corrected chi connectivity index (χ1v) is 6.53. The number of hydrogen-bond donors (Lipinski definition) is 1. The zero-order chi connectivity index (χ0) is 14.1. The van der Waals surface area contributed by atoms with Crippen molar-refractivity contribution in [1.29, 1.82) is 0 Å². The third-order valence-corrected chi connectivity index (χ3v) is 3.84. The predicted molar refractivity (Wildman–Crippen MR) is 69.4 cm³/mol. The lowest BCUT2D eigenvalue weighted by molar-refractivity contribution is -0.127. The van der Waals surface area contributed by atoms with Crippen LogP contribution in [-0.2, 0) is 11.3 Å². The summed E-state index contributed by atoms with van der Waals surface area (Å²) in [6.45, 7) is 6.40. The van der Waals surface area contributed by atoms with Gasteiger partial charge in [-0.15, -0.1) is 0 Å². The minimum atomic E-state index is -1.26. The molecule has 2 heterocycles. The Balaban J connectivity index is 1.84. The maximum absolute atomic E-state index is 11.8. The number of hydrogen-bond acceptors (Lipinski definition) is 4. The molecule has 0 bridgehead atoms. The Morgan fingerprint density at radius 3 is 2.53 bits per heavy atom. The molecule has 0 spiro atoms. The highest BCUT2D eigenvalue weighted by atomic mass is 16.6. The summed E-state index contributed by atoms with van der Waals surface area (Å²) in [7, 11) is 0. The van der Waals surface area contributed by atoms with Crippen molar-refractivity contribution >= 4 is 6.09 Å². The molecule has 1 fully saturated rings. The standard InChI is InChI=1S/C13H21N3O3/c1-12(2)13(3,18)16(11(17)19-12)8-5-4-7-15-9-6-14-10-15/h6,9-10,18H,4-5,7-8H2,1-3H3/t13-/m0/s1. The quantitative estimate of drug-likeness (QED) is 0.823. The highest BCUT2D eigenvalue weighted by molar-refractivity contribution is 5.72. The van der Waals surface area contributed by atoms with Crippen molar-refractivity contribution in [3.05, 3.63) is 18.7 Å². The number of rotatable bonds is 5. The van der Waals surface area contributed by atoms with Gasteiger partial charge < -0.3 is 14.4 Å². The average Bonchev–Trinajstić information content (AvgIpc) is 2.84. The summed E-state index contributed by atoms with van der Waals surface area (Å²) in [5, 5.41) is 10.4. The highest BCUT2D eigenvalue weighted by Gasteiger charge is 2.56. The summed E-state index contributed by atoms with van der Waals surface area (Å²) in [4.78, 5) is 17.1. The van der Waals surface area contributed by atoms with Gasteiger partial charge in [-0.1, -0.05) is 0 Å². The molecule has 106 valence electrons. The number of unbranched alkanes of at least 4 members (excludes halogenated alkanes) is 1. The van der Waals surface area contributed by atoms with E-state index in [1.807, 2.05) is 10.8 Å². The molecule has 1 N–H and O–H groups in total. The molecule has 19 heavy (non-hydrogen) atoms. The normalized spacial score (nSPS) is 25.7. The molecule has 1 aromatic rings. The van der Waals surface area contributed by atoms with Gasteiger partial charge >= 0.3 is 6.09 Å². The van der Waals surface area contributed by atoms with Gasteiger partial charge in [0.2, 0.25) is 0 Å². The number of nitrogens with zero attached hydrogens (tertiary/aromatic N) is 3. The Kier molecular flexibility index (Phi) is 3.54. The van der Waals surface area contributed by atoms with E-state index in [1.54, 1.807) is 33.3 Å². The second-order valence-corrected chi connectivity index (χ2v) is 5.56. The van der Waals surface area contributed by atoms with Gasteiger partial charge in [0.05, 0.1) is 6.33 Å². The first-order chi connectivity index (χ1) is 8.84. The third kappa shape index (κ3) is 2.58. The molecular weight excluding hydrogens is 246 g/mol. The first kappa shape index (κ1) is 13.9. The fourth-order valence-electron chi connectivity index (χ4n) is 2.17. The van der Waals surface area contributed by atoms with E-state index < -0.39 is 17.4 Å². The van der Waals surface area contributed by atoms with E-state index in [2.05, 4.69) is 4.98 Å². The lowest BCUT2D eigenvalue weighted by Crippen LogP contribution is -2.53. The van der Waals surface area contributed by atoms with E-state index in [4.69, 9.17) is 4.74 Å². The van der Waals surface area contributed by atoms with Crippen LogP contribution in [0.1, 0.15) is 33.6 Å². The van der Waals surface area contributed by atoms with E-state index in [0.717, 1.165) is 19.4 Å². The van der Waals surface area contributed by atoms with E-state index in [-0.39, 0.29) is 0 Å². The van der Waals surface area contributed by atoms with Crippen LogP contribution < -0.4 is 0 Å². The first-order valence-electron chi connectivity index (χ1n) is 6.53. The Morgan fingerprint density at radius 1 is 1.32 bits per heavy atom. The van der Waals surface area contributed by atoms with E-state index >= 15 is 0 Å². The zero-order valence-corrected chi connectivity index (χ0v) is 11.7. The molecule has 0 radical (unpaired) electrons. The van der Waals surface area contributed by atoms with Crippen LogP contribution in [-0.4, -0.2) is 43.5 Å². The summed E-state index contributed by atoms with van der Waals surface area (Å²) in [5.41, 5.74) is -2.15. The summed E-state index contributed by atoms with van der Waals surface area (Å²) < 4.78 is 7.19. The molecule has 1 aliphatic heterocycles. The summed E-state index contributed by atoms with van der Waals surface area (Å²) in [5.74, 6) is 0. The average molecular weight is 267 g/mol. The molecule has 1 atom stereocenters. The van der Waals surface area contributed by atoms with Gasteiger partial charge in [0.1, 0.15) is 0 Å². The van der Waals surface area contributed by atoms with E-state index in [9.17, 15) is 9.90 Å². The van der Waals surface area contributed by atoms with Crippen LogP contribution in [0.5, 0.6) is 0 Å². The number of carbonyl (C=O) groups is 1. The smallest absolute Gasteiger partial charge is 0.412 e. The number of aliphatic hydroxyl groups is 1. The number of amides is 1. The summed E-state index contributed by atoms with van der Waals surface area (Å²) >= 11 is 0. The van der Waals surface area contributed by atoms with Crippen molar-refractivity contribution < 1.29 is 14.6 Å². The second-order valence-electron chi connectivity index (χ2n) is 5.56. The summed E-state index contributed by atoms with van der Waals surface area (Å²) in [6.07, 6.45) is 6.69. The Morgan fingerprint density at radius 2 is 2.00 bits per heavy atom. The maximum atomic E-state index is 11.8. The van der Waals surface area contributed by atoms with Gasteiger partial charge in [-0.05, 0) is 33.6 Å². The van der Waals surface area contributed by atoms with Crippen molar-refractivity contribution in [2.45, 2.75) is 51.5 Å². The van der Waals surface area contributed by atoms with Crippen molar-refractivity contribution in [1.82, 2.24) is 14.5 Å². The number of aryl methyl sites for hydroxylation is 1. The number of carbonyl (C=O) groups excluding carboxylic acids is 1. The zero-order valence-electron chi connectivity index (χ0n) is 11.7. The minimum Gasteiger partial charge on any atom is -0.438 e. The van der Waals surface area contributed by atoms with Crippen LogP contribution in [0.15, 0.2) is 18.7 Å². The predicted octanol–water partition coefficient (Wildman–Crippen LogP) is 1.60. The highest BCUT2D eigenvalue weighted by Crippen LogP contribution is 2.36. The van der Waals surface area contributed by atoms with Gasteiger partial charge in [-0.25, -0.2) is 9.78 Å². The minimum absolute atomic E-state index is 0.447. The molecule has 0 unspecified atom stereocenters. The fraction of sp³-hybridized carbons (Fsp3) is 0.692.